The summed E-state index contributed by atoms with van der Waals surface area (Å²) in [7, 11) is 0.965. The zero-order valence-corrected chi connectivity index (χ0v) is 30.8. The lowest BCUT2D eigenvalue weighted by atomic mass is 9.56. The molecule has 2 aliphatic carbocycles. The normalized spacial score (nSPS) is 24.2. The molecular weight excluding hydrogens is 589 g/mol. The summed E-state index contributed by atoms with van der Waals surface area (Å²) in [5, 5.41) is 0. The van der Waals surface area contributed by atoms with Gasteiger partial charge in [-0.25, -0.2) is 0 Å². The highest BCUT2D eigenvalue weighted by Crippen LogP contribution is 2.61. The van der Waals surface area contributed by atoms with E-state index in [1.807, 2.05) is 0 Å². The number of anilines is 2. The summed E-state index contributed by atoms with van der Waals surface area (Å²) in [4.78, 5) is 2.87. The molecule has 0 aromatic heterocycles. The van der Waals surface area contributed by atoms with Crippen LogP contribution in [-0.4, -0.2) is 12.8 Å². The van der Waals surface area contributed by atoms with Gasteiger partial charge in [-0.2, -0.15) is 0 Å². The molecule has 0 N–H and O–H groups in total. The molecule has 2 heteroatoms. The predicted octanol–water partition coefficient (Wildman–Crippen LogP) is 10.6. The Bertz CT molecular complexity index is 2170. The van der Waals surface area contributed by atoms with Crippen molar-refractivity contribution >= 4 is 29.6 Å². The summed E-state index contributed by atoms with van der Waals surface area (Å²) in [6.45, 7) is 19.7. The van der Waals surface area contributed by atoms with E-state index in [-0.39, 0.29) is 21.8 Å². The molecule has 9 rings (SSSR count). The molecule has 1 fully saturated rings. The minimum atomic E-state index is -0.0685. The molecule has 2 heterocycles. The van der Waals surface area contributed by atoms with Crippen molar-refractivity contribution in [3.63, 3.8) is 0 Å². The second kappa shape index (κ2) is 10.3. The van der Waals surface area contributed by atoms with Crippen molar-refractivity contribution in [2.45, 2.75) is 109 Å². The zero-order valence-electron chi connectivity index (χ0n) is 30.8. The number of fused-ring (bicyclic) bond motifs is 7. The Morgan fingerprint density at radius 1 is 0.694 bits per heavy atom. The lowest BCUT2D eigenvalue weighted by molar-refractivity contribution is 0.195. The van der Waals surface area contributed by atoms with Crippen LogP contribution in [-0.2, 0) is 16.2 Å². The first kappa shape index (κ1) is 31.0. The minimum absolute atomic E-state index is 0.0188. The molecule has 3 unspecified atom stereocenters. The summed E-state index contributed by atoms with van der Waals surface area (Å²) in [5.74, 6) is 0.312. The van der Waals surface area contributed by atoms with E-state index in [0.29, 0.717) is 5.92 Å². The molecular formula is C47H50BN. The maximum atomic E-state index is 2.87. The van der Waals surface area contributed by atoms with Crippen molar-refractivity contribution in [1.29, 1.82) is 0 Å². The lowest BCUT2D eigenvalue weighted by Crippen LogP contribution is -2.57. The number of nitrogens with zero attached hydrogens (tertiary/aromatic N) is 1. The Labute approximate surface area is 295 Å². The Balaban J connectivity index is 1.37. The Kier molecular flexibility index (Phi) is 6.48. The van der Waals surface area contributed by atoms with Gasteiger partial charge >= 0.3 is 0 Å². The maximum Gasteiger partial charge on any atom is 0.198 e. The highest BCUT2D eigenvalue weighted by Gasteiger charge is 2.59. The SMILES string of the molecule is CC1c2ccccc2C(C)(C)c2cccc(-c3cc(-c4ccccc4)cc4c3Bc3cc(C(C)(C)C)cc5c3N4C3(C)CCCCC53C)c21. The third-order valence-electron chi connectivity index (χ3n) is 13.7. The zero-order chi connectivity index (χ0) is 34.1. The van der Waals surface area contributed by atoms with Crippen LogP contribution in [0.15, 0.2) is 97.1 Å². The van der Waals surface area contributed by atoms with Crippen molar-refractivity contribution in [3.8, 4) is 22.3 Å². The molecule has 5 aromatic rings. The molecule has 246 valence electrons. The van der Waals surface area contributed by atoms with Gasteiger partial charge in [0.15, 0.2) is 7.28 Å². The molecule has 0 amide bonds. The van der Waals surface area contributed by atoms with Gasteiger partial charge in [0.2, 0.25) is 0 Å². The van der Waals surface area contributed by atoms with E-state index in [1.54, 1.807) is 5.56 Å². The number of hydrogen-bond acceptors (Lipinski definition) is 1. The fourth-order valence-electron chi connectivity index (χ4n) is 10.7. The minimum Gasteiger partial charge on any atom is -0.335 e. The summed E-state index contributed by atoms with van der Waals surface area (Å²) in [6, 6.07) is 37.8. The quantitative estimate of drug-likeness (QED) is 0.174. The molecule has 0 radical (unpaired) electrons. The van der Waals surface area contributed by atoms with Gasteiger partial charge < -0.3 is 4.90 Å². The molecule has 49 heavy (non-hydrogen) atoms. The Morgan fingerprint density at radius 3 is 2.18 bits per heavy atom. The molecule has 0 spiro atoms. The molecule has 1 saturated carbocycles. The van der Waals surface area contributed by atoms with Crippen molar-refractivity contribution in [1.82, 2.24) is 0 Å². The first-order chi connectivity index (χ1) is 23.3. The highest BCUT2D eigenvalue weighted by atomic mass is 15.3. The molecule has 0 bridgehead atoms. The van der Waals surface area contributed by atoms with Crippen molar-refractivity contribution < 1.29 is 0 Å². The summed E-state index contributed by atoms with van der Waals surface area (Å²) >= 11 is 0. The highest BCUT2D eigenvalue weighted by molar-refractivity contribution is 6.73. The monoisotopic (exact) mass is 639 g/mol. The van der Waals surface area contributed by atoms with Crippen molar-refractivity contribution in [2.24, 2.45) is 0 Å². The maximum absolute atomic E-state index is 2.87. The number of hydrogen-bond donors (Lipinski definition) is 0. The van der Waals surface area contributed by atoms with Gasteiger partial charge in [-0.15, -0.1) is 0 Å². The Morgan fingerprint density at radius 2 is 1.41 bits per heavy atom. The molecule has 0 saturated heterocycles. The van der Waals surface area contributed by atoms with Gasteiger partial charge in [-0.1, -0.05) is 152 Å². The van der Waals surface area contributed by atoms with Crippen LogP contribution in [0.4, 0.5) is 11.4 Å². The van der Waals surface area contributed by atoms with Crippen molar-refractivity contribution in [3.05, 3.63) is 130 Å². The Hall–Kier alpha value is -4.04. The average Bonchev–Trinajstić information content (AvgIpc) is 3.31. The molecule has 2 aliphatic heterocycles. The fraction of sp³-hybridized carbons (Fsp3) is 0.362. The van der Waals surface area contributed by atoms with Gasteiger partial charge in [0.1, 0.15) is 0 Å². The first-order valence-electron chi connectivity index (χ1n) is 18.8. The van der Waals surface area contributed by atoms with Crippen LogP contribution in [0.25, 0.3) is 22.3 Å². The fourth-order valence-corrected chi connectivity index (χ4v) is 10.7. The van der Waals surface area contributed by atoms with E-state index in [1.165, 1.54) is 98.1 Å². The smallest absolute Gasteiger partial charge is 0.198 e. The van der Waals surface area contributed by atoms with Crippen LogP contribution in [0.3, 0.4) is 0 Å². The van der Waals surface area contributed by atoms with Crippen LogP contribution < -0.4 is 15.8 Å². The average molecular weight is 640 g/mol. The van der Waals surface area contributed by atoms with Crippen LogP contribution in [0.1, 0.15) is 120 Å². The second-order valence-electron chi connectivity index (χ2n) is 17.7. The van der Waals surface area contributed by atoms with Gasteiger partial charge in [0.05, 0.1) is 5.54 Å². The van der Waals surface area contributed by atoms with E-state index in [4.69, 9.17) is 0 Å². The van der Waals surface area contributed by atoms with E-state index in [0.717, 1.165) is 7.28 Å². The van der Waals surface area contributed by atoms with Crippen LogP contribution in [0.5, 0.6) is 0 Å². The lowest BCUT2D eigenvalue weighted by Gasteiger charge is -2.51. The third kappa shape index (κ3) is 4.13. The van der Waals surface area contributed by atoms with Crippen LogP contribution >= 0.6 is 0 Å². The second-order valence-corrected chi connectivity index (χ2v) is 17.7. The van der Waals surface area contributed by atoms with E-state index in [2.05, 4.69) is 157 Å². The largest absolute Gasteiger partial charge is 0.335 e. The topological polar surface area (TPSA) is 3.24 Å². The van der Waals surface area contributed by atoms with Gasteiger partial charge in [-0.05, 0) is 98.4 Å². The summed E-state index contributed by atoms with van der Waals surface area (Å²) in [6.07, 6.45) is 5.06. The molecule has 1 nitrogen and oxygen atoms in total. The summed E-state index contributed by atoms with van der Waals surface area (Å²) in [5.41, 5.74) is 20.5. The molecule has 3 atom stereocenters. The van der Waals surface area contributed by atoms with Crippen molar-refractivity contribution in [2.75, 3.05) is 4.90 Å². The van der Waals surface area contributed by atoms with Crippen LogP contribution in [0.2, 0.25) is 0 Å². The first-order valence-corrected chi connectivity index (χ1v) is 18.8. The van der Waals surface area contributed by atoms with E-state index in [9.17, 15) is 0 Å². The number of rotatable bonds is 2. The summed E-state index contributed by atoms with van der Waals surface area (Å²) < 4.78 is 0. The predicted molar refractivity (Wildman–Crippen MR) is 211 cm³/mol. The van der Waals surface area contributed by atoms with E-state index >= 15 is 0 Å². The van der Waals surface area contributed by atoms with E-state index < -0.39 is 0 Å². The standard InChI is InChI=1S/C47H50BN/c1-29-33-19-12-13-21-36(33)45(5,6)37-22-16-20-34(41(29)37)35-25-31(30-17-10-9-11-18-30)26-40-42(35)48-39-28-32(44(2,3)4)27-38-43(39)49(40)47(8)24-15-14-23-46(38,47)7/h9-13,16-22,25-29,48H,14-15,23-24H2,1-8H3. The molecule has 4 aliphatic rings. The van der Waals surface area contributed by atoms with Crippen LogP contribution in [0, 0.1) is 0 Å². The van der Waals surface area contributed by atoms with Gasteiger partial charge in [-0.3, -0.25) is 0 Å². The third-order valence-corrected chi connectivity index (χ3v) is 13.7. The van der Waals surface area contributed by atoms with Gasteiger partial charge in [0.25, 0.3) is 0 Å². The molecule has 5 aromatic carbocycles. The van der Waals surface area contributed by atoms with Gasteiger partial charge in [0, 0.05) is 28.1 Å². The number of benzene rings is 5.